The van der Waals surface area contributed by atoms with E-state index in [-0.39, 0.29) is 18.0 Å². The molecule has 1 heterocycles. The van der Waals surface area contributed by atoms with Gasteiger partial charge in [-0.2, -0.15) is 0 Å². The maximum atomic E-state index is 12.4. The van der Waals surface area contributed by atoms with Crippen LogP contribution in [0.3, 0.4) is 0 Å². The van der Waals surface area contributed by atoms with Gasteiger partial charge < -0.3 is 10.2 Å². The van der Waals surface area contributed by atoms with Gasteiger partial charge in [0, 0.05) is 18.0 Å². The number of rotatable bonds is 4. The van der Waals surface area contributed by atoms with Gasteiger partial charge in [-0.25, -0.2) is 13.8 Å². The fourth-order valence-corrected chi connectivity index (χ4v) is 3.76. The summed E-state index contributed by atoms with van der Waals surface area (Å²) in [6.45, 7) is 4.18. The molecule has 108 valence electrons. The van der Waals surface area contributed by atoms with Gasteiger partial charge in [0.05, 0.1) is 12.2 Å². The molecule has 0 aliphatic heterocycles. The first-order chi connectivity index (χ1) is 8.82. The van der Waals surface area contributed by atoms with E-state index < -0.39 is 6.43 Å². The van der Waals surface area contributed by atoms with Crippen molar-refractivity contribution in [2.24, 2.45) is 5.41 Å². The lowest BCUT2D eigenvalue weighted by atomic mass is 9.76. The fourth-order valence-electron chi connectivity index (χ4n) is 2.60. The minimum absolute atomic E-state index is 0.202. The Morgan fingerprint density at radius 3 is 2.79 bits per heavy atom. The number of thiazole rings is 1. The van der Waals surface area contributed by atoms with Crippen molar-refractivity contribution in [3.05, 3.63) is 10.6 Å². The first-order valence-corrected chi connectivity index (χ1v) is 7.30. The van der Waals surface area contributed by atoms with Crippen LogP contribution in [0.5, 0.6) is 0 Å². The summed E-state index contributed by atoms with van der Waals surface area (Å²) in [5.41, 5.74) is 1.27. The van der Waals surface area contributed by atoms with Crippen LogP contribution in [0.25, 0.3) is 0 Å². The number of aromatic nitrogens is 1. The molecule has 0 fully saturated rings. The average molecular weight is 289 g/mol. The molecule has 0 radical (unpaired) electrons. The molecular formula is C13H21F2N3S. The maximum Gasteiger partial charge on any atom is 0.255 e. The standard InChI is InChI=1S/C13H21F2N3S/c1-13(2)5-8(16-3)11-9(6-13)17-12(19-11)18(4)7-10(14)15/h8,10,16H,5-7H2,1-4H3. The van der Waals surface area contributed by atoms with E-state index in [1.54, 1.807) is 11.9 Å². The van der Waals surface area contributed by atoms with Crippen molar-refractivity contribution in [1.29, 1.82) is 0 Å². The highest BCUT2D eigenvalue weighted by Gasteiger charge is 2.34. The topological polar surface area (TPSA) is 28.2 Å². The summed E-state index contributed by atoms with van der Waals surface area (Å²) in [6, 6.07) is 0.282. The second-order valence-corrected chi connectivity index (χ2v) is 6.97. The van der Waals surface area contributed by atoms with E-state index >= 15 is 0 Å². The molecule has 3 nitrogen and oxygen atoms in total. The number of fused-ring (bicyclic) bond motifs is 1. The van der Waals surface area contributed by atoms with Gasteiger partial charge in [0.1, 0.15) is 0 Å². The van der Waals surface area contributed by atoms with Crippen LogP contribution in [-0.2, 0) is 6.42 Å². The van der Waals surface area contributed by atoms with Crippen LogP contribution in [-0.4, -0.2) is 32.0 Å². The summed E-state index contributed by atoms with van der Waals surface area (Å²) in [4.78, 5) is 7.32. The van der Waals surface area contributed by atoms with E-state index in [2.05, 4.69) is 24.1 Å². The van der Waals surface area contributed by atoms with Crippen molar-refractivity contribution >= 4 is 16.5 Å². The van der Waals surface area contributed by atoms with Crippen LogP contribution in [0.1, 0.15) is 36.9 Å². The minimum Gasteiger partial charge on any atom is -0.345 e. The number of hydrogen-bond acceptors (Lipinski definition) is 4. The molecule has 1 N–H and O–H groups in total. The summed E-state index contributed by atoms with van der Waals surface area (Å²) in [7, 11) is 3.62. The third kappa shape index (κ3) is 3.23. The Kier molecular flexibility index (Phi) is 4.11. The highest BCUT2D eigenvalue weighted by atomic mass is 32.1. The Morgan fingerprint density at radius 2 is 2.21 bits per heavy atom. The predicted molar refractivity (Wildman–Crippen MR) is 75.3 cm³/mol. The van der Waals surface area contributed by atoms with Crippen LogP contribution < -0.4 is 10.2 Å². The summed E-state index contributed by atoms with van der Waals surface area (Å²) in [6.07, 6.45) is -0.363. The van der Waals surface area contributed by atoms with Gasteiger partial charge in [-0.05, 0) is 25.3 Å². The average Bonchev–Trinajstić information content (AvgIpc) is 2.69. The van der Waals surface area contributed by atoms with Gasteiger partial charge in [0.15, 0.2) is 5.13 Å². The van der Waals surface area contributed by atoms with Crippen LogP contribution in [0.15, 0.2) is 0 Å². The number of hydrogen-bond donors (Lipinski definition) is 1. The number of halogens is 2. The maximum absolute atomic E-state index is 12.4. The Bertz CT molecular complexity index is 445. The van der Waals surface area contributed by atoms with Crippen LogP contribution >= 0.6 is 11.3 Å². The fraction of sp³-hybridized carbons (Fsp3) is 0.769. The molecule has 0 amide bonds. The first-order valence-electron chi connectivity index (χ1n) is 6.48. The smallest absolute Gasteiger partial charge is 0.255 e. The largest absolute Gasteiger partial charge is 0.345 e. The normalized spacial score (nSPS) is 21.5. The molecule has 6 heteroatoms. The quantitative estimate of drug-likeness (QED) is 0.923. The summed E-state index contributed by atoms with van der Waals surface area (Å²) in [5, 5.41) is 4.01. The Balaban J connectivity index is 2.26. The highest BCUT2D eigenvalue weighted by Crippen LogP contribution is 2.44. The molecule has 0 bridgehead atoms. The molecule has 1 aliphatic carbocycles. The number of nitrogens with zero attached hydrogens (tertiary/aromatic N) is 2. The van der Waals surface area contributed by atoms with Gasteiger partial charge in [0.2, 0.25) is 0 Å². The lowest BCUT2D eigenvalue weighted by Gasteiger charge is -2.34. The molecule has 1 unspecified atom stereocenters. The summed E-state index contributed by atoms with van der Waals surface area (Å²) in [5.74, 6) is 0. The van der Waals surface area contributed by atoms with E-state index in [9.17, 15) is 8.78 Å². The molecule has 0 saturated carbocycles. The molecule has 0 aromatic carbocycles. The molecule has 1 atom stereocenters. The molecular weight excluding hydrogens is 268 g/mol. The summed E-state index contributed by atoms with van der Waals surface area (Å²) < 4.78 is 24.9. The van der Waals surface area contributed by atoms with E-state index in [1.165, 1.54) is 16.2 Å². The molecule has 0 saturated heterocycles. The molecule has 0 spiro atoms. The molecule has 1 aromatic heterocycles. The van der Waals surface area contributed by atoms with Gasteiger partial charge in [-0.3, -0.25) is 0 Å². The van der Waals surface area contributed by atoms with E-state index in [1.807, 2.05) is 7.05 Å². The molecule has 1 aliphatic rings. The van der Waals surface area contributed by atoms with Gasteiger partial charge in [-0.15, -0.1) is 0 Å². The first kappa shape index (κ1) is 14.7. The number of alkyl halides is 2. The molecule has 19 heavy (non-hydrogen) atoms. The number of anilines is 1. The molecule has 2 rings (SSSR count). The van der Waals surface area contributed by atoms with Gasteiger partial charge in [0.25, 0.3) is 6.43 Å². The Morgan fingerprint density at radius 1 is 1.53 bits per heavy atom. The van der Waals surface area contributed by atoms with Crippen molar-refractivity contribution in [3.63, 3.8) is 0 Å². The Labute approximate surface area is 117 Å². The predicted octanol–water partition coefficient (Wildman–Crippen LogP) is 3.08. The van der Waals surface area contributed by atoms with E-state index in [0.717, 1.165) is 18.5 Å². The van der Waals surface area contributed by atoms with Crippen molar-refractivity contribution in [3.8, 4) is 0 Å². The third-order valence-corrected chi connectivity index (χ3v) is 4.85. The zero-order valence-corrected chi connectivity index (χ0v) is 12.7. The second-order valence-electron chi connectivity index (χ2n) is 5.97. The van der Waals surface area contributed by atoms with Gasteiger partial charge in [-0.1, -0.05) is 25.2 Å². The van der Waals surface area contributed by atoms with Crippen LogP contribution in [0.4, 0.5) is 13.9 Å². The van der Waals surface area contributed by atoms with Crippen molar-refractivity contribution in [2.75, 3.05) is 25.5 Å². The van der Waals surface area contributed by atoms with Gasteiger partial charge >= 0.3 is 0 Å². The van der Waals surface area contributed by atoms with Crippen molar-refractivity contribution < 1.29 is 8.78 Å². The Hall–Kier alpha value is -0.750. The number of nitrogens with one attached hydrogen (secondary N) is 1. The molecule has 1 aromatic rings. The van der Waals surface area contributed by atoms with E-state index in [4.69, 9.17) is 0 Å². The van der Waals surface area contributed by atoms with Crippen LogP contribution in [0.2, 0.25) is 0 Å². The SMILES string of the molecule is CNC1CC(C)(C)Cc2nc(N(C)CC(F)F)sc21. The highest BCUT2D eigenvalue weighted by molar-refractivity contribution is 7.15. The lowest BCUT2D eigenvalue weighted by Crippen LogP contribution is -2.30. The third-order valence-electron chi connectivity index (χ3n) is 3.52. The van der Waals surface area contributed by atoms with Crippen LogP contribution in [0, 0.1) is 5.41 Å². The lowest BCUT2D eigenvalue weighted by molar-refractivity contribution is 0.156. The monoisotopic (exact) mass is 289 g/mol. The van der Waals surface area contributed by atoms with Crippen molar-refractivity contribution in [2.45, 2.75) is 39.2 Å². The second kappa shape index (κ2) is 5.32. The zero-order chi connectivity index (χ0) is 14.2. The minimum atomic E-state index is -2.33. The van der Waals surface area contributed by atoms with E-state index in [0.29, 0.717) is 5.13 Å². The summed E-state index contributed by atoms with van der Waals surface area (Å²) >= 11 is 1.54. The van der Waals surface area contributed by atoms with Crippen molar-refractivity contribution in [1.82, 2.24) is 10.3 Å². The zero-order valence-electron chi connectivity index (χ0n) is 11.8.